The molecule has 0 aromatic carbocycles. The number of nitrogens with zero attached hydrogens (tertiary/aromatic N) is 5. The predicted molar refractivity (Wildman–Crippen MR) is 89.0 cm³/mol. The number of hydrogen-bond acceptors (Lipinski definition) is 10. The Bertz CT molecular complexity index is 697. The molecule has 3 heterocycles. The molecule has 132 valence electrons. The average Bonchev–Trinajstić information content (AvgIpc) is 3.08. The molecule has 0 saturated carbocycles. The smallest absolute Gasteiger partial charge is 0.186 e. The molecule has 0 amide bonds. The molecule has 0 radical (unpaired) electrons. The average molecular weight is 355 g/mol. The van der Waals surface area contributed by atoms with Crippen LogP contribution in [0.15, 0.2) is 6.33 Å². The molecule has 0 unspecified atom stereocenters. The van der Waals surface area contributed by atoms with Crippen molar-refractivity contribution in [3.8, 4) is 0 Å². The number of nitrogens with two attached hydrogens (primary N) is 2. The summed E-state index contributed by atoms with van der Waals surface area (Å²) in [6.45, 7) is 1.95. The van der Waals surface area contributed by atoms with E-state index in [4.69, 9.17) is 16.2 Å². The van der Waals surface area contributed by atoms with Crippen LogP contribution >= 0.6 is 11.8 Å². The van der Waals surface area contributed by atoms with Crippen molar-refractivity contribution in [2.75, 3.05) is 17.2 Å². The Morgan fingerprint density at radius 1 is 1.38 bits per heavy atom. The maximum atomic E-state index is 10.3. The van der Waals surface area contributed by atoms with Crippen molar-refractivity contribution in [3.05, 3.63) is 6.33 Å². The van der Waals surface area contributed by atoms with Crippen molar-refractivity contribution < 1.29 is 14.9 Å². The summed E-state index contributed by atoms with van der Waals surface area (Å²) in [5.41, 5.74) is 12.1. The zero-order valence-electron chi connectivity index (χ0n) is 13.2. The van der Waals surface area contributed by atoms with Gasteiger partial charge in [0.05, 0.1) is 6.10 Å². The minimum atomic E-state index is -1.13. The third-order valence-electron chi connectivity index (χ3n) is 3.87. The van der Waals surface area contributed by atoms with Crippen LogP contribution in [0.1, 0.15) is 19.6 Å². The van der Waals surface area contributed by atoms with Crippen LogP contribution in [0.3, 0.4) is 0 Å². The largest absolute Gasteiger partial charge is 0.387 e. The Hall–Kier alpha value is -1.53. The molecule has 2 aromatic rings. The Labute approximate surface area is 142 Å². The van der Waals surface area contributed by atoms with Crippen molar-refractivity contribution in [2.24, 2.45) is 5.73 Å². The fourth-order valence-electron chi connectivity index (χ4n) is 2.49. The second kappa shape index (κ2) is 7.15. The highest BCUT2D eigenvalue weighted by Gasteiger charge is 2.44. The molecule has 5 atom stereocenters. The second-order valence-corrected chi connectivity index (χ2v) is 7.00. The fourth-order valence-corrected chi connectivity index (χ4v) is 3.70. The lowest BCUT2D eigenvalue weighted by Crippen LogP contribution is -2.33. The molecule has 11 heteroatoms. The van der Waals surface area contributed by atoms with Gasteiger partial charge in [-0.25, -0.2) is 9.97 Å². The van der Waals surface area contributed by atoms with E-state index in [0.29, 0.717) is 16.9 Å². The molecule has 0 aliphatic carbocycles. The van der Waals surface area contributed by atoms with Crippen molar-refractivity contribution in [3.63, 3.8) is 0 Å². The molecular weight excluding hydrogens is 334 g/mol. The van der Waals surface area contributed by atoms with Gasteiger partial charge in [-0.1, -0.05) is 5.21 Å². The van der Waals surface area contributed by atoms with Gasteiger partial charge < -0.3 is 26.4 Å². The Kier molecular flexibility index (Phi) is 5.15. The molecule has 1 aliphatic heterocycles. The van der Waals surface area contributed by atoms with Gasteiger partial charge in [0.15, 0.2) is 23.2 Å². The van der Waals surface area contributed by atoms with Crippen LogP contribution in [0.5, 0.6) is 0 Å². The number of rotatable bonds is 6. The third-order valence-corrected chi connectivity index (χ3v) is 4.96. The van der Waals surface area contributed by atoms with Crippen LogP contribution in [0.2, 0.25) is 0 Å². The highest BCUT2D eigenvalue weighted by atomic mass is 32.2. The highest BCUT2D eigenvalue weighted by Crippen LogP contribution is 2.32. The van der Waals surface area contributed by atoms with Crippen LogP contribution in [-0.2, 0) is 4.74 Å². The van der Waals surface area contributed by atoms with Gasteiger partial charge in [0, 0.05) is 11.8 Å². The van der Waals surface area contributed by atoms with Gasteiger partial charge >= 0.3 is 0 Å². The maximum absolute atomic E-state index is 10.3. The summed E-state index contributed by atoms with van der Waals surface area (Å²) in [6.07, 6.45) is -1.37. The van der Waals surface area contributed by atoms with Crippen molar-refractivity contribution in [1.82, 2.24) is 25.0 Å². The SMILES string of the molecule is C[C@@H](N)CCSC[C@H]1O[C@@H](n2nnc3c(N)ncnc32)[C@H](O)[C@@H]1O. The lowest BCUT2D eigenvalue weighted by atomic mass is 10.1. The van der Waals surface area contributed by atoms with E-state index in [1.807, 2.05) is 6.92 Å². The summed E-state index contributed by atoms with van der Waals surface area (Å²) in [6, 6.07) is 0.136. The number of aliphatic hydroxyl groups excluding tert-OH is 2. The summed E-state index contributed by atoms with van der Waals surface area (Å²) in [5, 5.41) is 28.4. The number of nitrogen functional groups attached to an aromatic ring is 1. The molecular formula is C13H21N7O3S. The summed E-state index contributed by atoms with van der Waals surface area (Å²) in [7, 11) is 0. The summed E-state index contributed by atoms with van der Waals surface area (Å²) in [4.78, 5) is 7.93. The number of aromatic nitrogens is 5. The number of aliphatic hydroxyl groups is 2. The number of hydrogen-bond donors (Lipinski definition) is 4. The predicted octanol–water partition coefficient (Wildman–Crippen LogP) is -1.11. The highest BCUT2D eigenvalue weighted by molar-refractivity contribution is 7.99. The van der Waals surface area contributed by atoms with E-state index in [-0.39, 0.29) is 11.9 Å². The maximum Gasteiger partial charge on any atom is 0.186 e. The van der Waals surface area contributed by atoms with E-state index >= 15 is 0 Å². The van der Waals surface area contributed by atoms with Crippen molar-refractivity contribution in [1.29, 1.82) is 0 Å². The van der Waals surface area contributed by atoms with Crippen LogP contribution < -0.4 is 11.5 Å². The topological polar surface area (TPSA) is 158 Å². The molecule has 1 fully saturated rings. The Morgan fingerprint density at radius 3 is 2.92 bits per heavy atom. The van der Waals surface area contributed by atoms with Gasteiger partial charge in [-0.05, 0) is 19.1 Å². The van der Waals surface area contributed by atoms with E-state index in [1.54, 1.807) is 11.8 Å². The van der Waals surface area contributed by atoms with Crippen molar-refractivity contribution in [2.45, 2.75) is 43.9 Å². The Morgan fingerprint density at radius 2 is 2.17 bits per heavy atom. The minimum Gasteiger partial charge on any atom is -0.387 e. The molecule has 0 spiro atoms. The van der Waals surface area contributed by atoms with Crippen LogP contribution in [0, 0.1) is 0 Å². The summed E-state index contributed by atoms with van der Waals surface area (Å²) < 4.78 is 7.12. The molecule has 24 heavy (non-hydrogen) atoms. The quantitative estimate of drug-likeness (QED) is 0.468. The molecule has 10 nitrogen and oxygen atoms in total. The normalized spacial score (nSPS) is 28.5. The molecule has 0 bridgehead atoms. The molecule has 1 aliphatic rings. The standard InChI is InChI=1S/C13H21N7O3S/c1-6(14)2-3-24-4-7-9(21)10(22)13(23-7)20-12-8(18-19-20)11(15)16-5-17-12/h5-7,9-10,13,21-22H,2-4,14H2,1H3,(H2,15,16,17)/t6-,7-,9-,10-,13-/m1/s1. The molecule has 2 aromatic heterocycles. The molecule has 3 rings (SSSR count). The first-order valence-electron chi connectivity index (χ1n) is 7.65. The summed E-state index contributed by atoms with van der Waals surface area (Å²) in [5.74, 6) is 1.61. The minimum absolute atomic E-state index is 0.136. The molecule has 6 N–H and O–H groups in total. The zero-order valence-corrected chi connectivity index (χ0v) is 14.0. The zero-order chi connectivity index (χ0) is 17.3. The van der Waals surface area contributed by atoms with Gasteiger partial charge in [-0.15, -0.1) is 5.10 Å². The lowest BCUT2D eigenvalue weighted by molar-refractivity contribution is -0.0372. The first-order chi connectivity index (χ1) is 11.5. The van der Waals surface area contributed by atoms with E-state index in [1.165, 1.54) is 11.0 Å². The summed E-state index contributed by atoms with van der Waals surface area (Å²) >= 11 is 1.62. The van der Waals surface area contributed by atoms with Crippen LogP contribution in [0.4, 0.5) is 5.82 Å². The van der Waals surface area contributed by atoms with Gasteiger partial charge in [0.1, 0.15) is 18.5 Å². The van der Waals surface area contributed by atoms with E-state index in [0.717, 1.165) is 12.2 Å². The van der Waals surface area contributed by atoms with E-state index in [2.05, 4.69) is 20.3 Å². The first kappa shape index (κ1) is 17.3. The Balaban J connectivity index is 1.71. The number of thioether (sulfide) groups is 1. The fraction of sp³-hybridized carbons (Fsp3) is 0.692. The molecule has 1 saturated heterocycles. The van der Waals surface area contributed by atoms with E-state index in [9.17, 15) is 10.2 Å². The van der Waals surface area contributed by atoms with Crippen LogP contribution in [0.25, 0.3) is 11.2 Å². The van der Waals surface area contributed by atoms with E-state index < -0.39 is 24.5 Å². The van der Waals surface area contributed by atoms with Gasteiger partial charge in [0.2, 0.25) is 0 Å². The third kappa shape index (κ3) is 3.30. The second-order valence-electron chi connectivity index (χ2n) is 5.85. The monoisotopic (exact) mass is 355 g/mol. The van der Waals surface area contributed by atoms with Gasteiger partial charge in [-0.2, -0.15) is 16.4 Å². The van der Waals surface area contributed by atoms with Crippen LogP contribution in [-0.4, -0.2) is 71.0 Å². The van der Waals surface area contributed by atoms with Crippen molar-refractivity contribution >= 4 is 28.7 Å². The van der Waals surface area contributed by atoms with Gasteiger partial charge in [0.25, 0.3) is 0 Å². The number of ether oxygens (including phenoxy) is 1. The van der Waals surface area contributed by atoms with Gasteiger partial charge in [-0.3, -0.25) is 0 Å². The first-order valence-corrected chi connectivity index (χ1v) is 8.80. The number of anilines is 1. The lowest BCUT2D eigenvalue weighted by Gasteiger charge is -2.14. The number of fused-ring (bicyclic) bond motifs is 1.